The van der Waals surface area contributed by atoms with E-state index < -0.39 is 5.91 Å². The molecule has 0 saturated carbocycles. The SMILES string of the molecule is Cc1ccc(/C=C(/C#N)C(=O)Nc2cccc(Cl)c2)o1. The van der Waals surface area contributed by atoms with E-state index in [0.29, 0.717) is 22.2 Å². The van der Waals surface area contributed by atoms with Crippen molar-refractivity contribution in [2.24, 2.45) is 0 Å². The first-order valence-corrected chi connectivity index (χ1v) is 6.21. The number of rotatable bonds is 3. The lowest BCUT2D eigenvalue weighted by molar-refractivity contribution is -0.112. The predicted molar refractivity (Wildman–Crippen MR) is 77.1 cm³/mol. The quantitative estimate of drug-likeness (QED) is 0.689. The molecule has 2 rings (SSSR count). The molecule has 0 aliphatic heterocycles. The van der Waals surface area contributed by atoms with Gasteiger partial charge in [-0.3, -0.25) is 4.79 Å². The second-order valence-corrected chi connectivity index (χ2v) is 4.52. The maximum absolute atomic E-state index is 12.0. The van der Waals surface area contributed by atoms with E-state index in [4.69, 9.17) is 21.3 Å². The van der Waals surface area contributed by atoms with Crippen LogP contribution in [0.5, 0.6) is 0 Å². The van der Waals surface area contributed by atoms with Gasteiger partial charge < -0.3 is 9.73 Å². The Morgan fingerprint density at radius 3 is 2.80 bits per heavy atom. The van der Waals surface area contributed by atoms with Gasteiger partial charge in [0, 0.05) is 16.8 Å². The van der Waals surface area contributed by atoms with Crippen LogP contribution in [0.1, 0.15) is 11.5 Å². The largest absolute Gasteiger partial charge is 0.462 e. The monoisotopic (exact) mass is 286 g/mol. The zero-order valence-corrected chi connectivity index (χ0v) is 11.4. The van der Waals surface area contributed by atoms with Crippen LogP contribution >= 0.6 is 11.6 Å². The molecule has 0 unspecified atom stereocenters. The fourth-order valence-electron chi connectivity index (χ4n) is 1.59. The van der Waals surface area contributed by atoms with E-state index in [1.165, 1.54) is 6.08 Å². The molecule has 100 valence electrons. The summed E-state index contributed by atoms with van der Waals surface area (Å²) in [5.41, 5.74) is 0.485. The van der Waals surface area contributed by atoms with E-state index in [2.05, 4.69) is 5.32 Å². The summed E-state index contributed by atoms with van der Waals surface area (Å²) >= 11 is 5.83. The summed E-state index contributed by atoms with van der Waals surface area (Å²) in [5.74, 6) is 0.660. The highest BCUT2D eigenvalue weighted by atomic mass is 35.5. The van der Waals surface area contributed by atoms with Crippen LogP contribution in [0.3, 0.4) is 0 Å². The number of aryl methyl sites for hydroxylation is 1. The molecule has 1 amide bonds. The predicted octanol–water partition coefficient (Wildman–Crippen LogP) is 3.79. The van der Waals surface area contributed by atoms with Crippen LogP contribution in [0.15, 0.2) is 46.4 Å². The normalized spacial score (nSPS) is 10.9. The van der Waals surface area contributed by atoms with Crippen molar-refractivity contribution in [3.05, 3.63) is 58.5 Å². The Labute approximate surface area is 121 Å². The fraction of sp³-hybridized carbons (Fsp3) is 0.0667. The van der Waals surface area contributed by atoms with Gasteiger partial charge in [0.25, 0.3) is 5.91 Å². The van der Waals surface area contributed by atoms with Gasteiger partial charge in [-0.25, -0.2) is 0 Å². The minimum absolute atomic E-state index is 0.0423. The van der Waals surface area contributed by atoms with Crippen LogP contribution in [0.4, 0.5) is 5.69 Å². The van der Waals surface area contributed by atoms with Crippen molar-refractivity contribution in [1.29, 1.82) is 5.26 Å². The highest BCUT2D eigenvalue weighted by molar-refractivity contribution is 6.31. The third kappa shape index (κ3) is 3.50. The van der Waals surface area contributed by atoms with Gasteiger partial charge >= 0.3 is 0 Å². The topological polar surface area (TPSA) is 66.0 Å². The Balaban J connectivity index is 2.18. The molecular weight excluding hydrogens is 276 g/mol. The van der Waals surface area contributed by atoms with Crippen molar-refractivity contribution in [2.45, 2.75) is 6.92 Å². The standard InChI is InChI=1S/C15H11ClN2O2/c1-10-5-6-14(20-10)7-11(9-17)15(19)18-13-4-2-3-12(16)8-13/h2-8H,1H3,(H,18,19)/b11-7-. The first-order valence-electron chi connectivity index (χ1n) is 5.83. The molecule has 0 aliphatic rings. The number of halogens is 1. The van der Waals surface area contributed by atoms with Gasteiger partial charge in [-0.2, -0.15) is 5.26 Å². The van der Waals surface area contributed by atoms with E-state index in [0.717, 1.165) is 0 Å². The molecule has 0 atom stereocenters. The molecule has 1 aromatic carbocycles. The number of nitrogens with one attached hydrogen (secondary N) is 1. The van der Waals surface area contributed by atoms with Crippen LogP contribution in [0.25, 0.3) is 6.08 Å². The lowest BCUT2D eigenvalue weighted by Gasteiger charge is -2.04. The number of anilines is 1. The molecule has 1 N–H and O–H groups in total. The van der Waals surface area contributed by atoms with Crippen LogP contribution in [-0.4, -0.2) is 5.91 Å². The summed E-state index contributed by atoms with van der Waals surface area (Å²) < 4.78 is 5.31. The third-order valence-corrected chi connectivity index (χ3v) is 2.73. The maximum atomic E-state index is 12.0. The Morgan fingerprint density at radius 1 is 1.40 bits per heavy atom. The van der Waals surface area contributed by atoms with Crippen molar-refractivity contribution < 1.29 is 9.21 Å². The fourth-order valence-corrected chi connectivity index (χ4v) is 1.78. The zero-order valence-electron chi connectivity index (χ0n) is 10.7. The summed E-state index contributed by atoms with van der Waals surface area (Å²) in [6.07, 6.45) is 1.40. The molecule has 0 saturated heterocycles. The average Bonchev–Trinajstić information content (AvgIpc) is 2.81. The number of nitriles is 1. The Kier molecular flexibility index (Phi) is 4.24. The molecule has 20 heavy (non-hydrogen) atoms. The van der Waals surface area contributed by atoms with E-state index in [1.807, 2.05) is 6.07 Å². The number of furan rings is 1. The summed E-state index contributed by atoms with van der Waals surface area (Å²) in [4.78, 5) is 12.0. The van der Waals surface area contributed by atoms with Gasteiger partial charge in [0.15, 0.2) is 0 Å². The molecule has 5 heteroatoms. The van der Waals surface area contributed by atoms with Gasteiger partial charge in [0.05, 0.1) is 0 Å². The highest BCUT2D eigenvalue weighted by Crippen LogP contribution is 2.16. The van der Waals surface area contributed by atoms with Crippen LogP contribution < -0.4 is 5.32 Å². The van der Waals surface area contributed by atoms with Crippen molar-refractivity contribution in [1.82, 2.24) is 0 Å². The van der Waals surface area contributed by atoms with Gasteiger partial charge in [-0.1, -0.05) is 17.7 Å². The van der Waals surface area contributed by atoms with Gasteiger partial charge in [-0.15, -0.1) is 0 Å². The molecule has 1 aromatic heterocycles. The molecule has 0 fully saturated rings. The smallest absolute Gasteiger partial charge is 0.266 e. The van der Waals surface area contributed by atoms with Crippen molar-refractivity contribution in [3.63, 3.8) is 0 Å². The van der Waals surface area contributed by atoms with Gasteiger partial charge in [0.2, 0.25) is 0 Å². The second kappa shape index (κ2) is 6.09. The molecular formula is C15H11ClN2O2. The molecule has 0 radical (unpaired) electrons. The summed E-state index contributed by atoms with van der Waals surface area (Å²) in [6.45, 7) is 1.79. The summed E-state index contributed by atoms with van der Waals surface area (Å²) in [6, 6.07) is 12.0. The Hall–Kier alpha value is -2.51. The minimum Gasteiger partial charge on any atom is -0.462 e. The van der Waals surface area contributed by atoms with Crippen LogP contribution in [0.2, 0.25) is 5.02 Å². The van der Waals surface area contributed by atoms with E-state index in [-0.39, 0.29) is 5.57 Å². The molecule has 4 nitrogen and oxygen atoms in total. The molecule has 0 spiro atoms. The zero-order chi connectivity index (χ0) is 14.5. The number of hydrogen-bond donors (Lipinski definition) is 1. The third-order valence-electron chi connectivity index (χ3n) is 2.50. The van der Waals surface area contributed by atoms with Gasteiger partial charge in [0.1, 0.15) is 23.2 Å². The lowest BCUT2D eigenvalue weighted by atomic mass is 10.2. The summed E-state index contributed by atoms with van der Waals surface area (Å²) in [5, 5.41) is 12.2. The highest BCUT2D eigenvalue weighted by Gasteiger charge is 2.10. The Morgan fingerprint density at radius 2 is 2.20 bits per heavy atom. The van der Waals surface area contributed by atoms with Crippen LogP contribution in [-0.2, 0) is 4.79 Å². The first kappa shape index (κ1) is 13.9. The minimum atomic E-state index is -0.510. The second-order valence-electron chi connectivity index (χ2n) is 4.08. The number of hydrogen-bond acceptors (Lipinski definition) is 3. The average molecular weight is 287 g/mol. The molecule has 0 bridgehead atoms. The molecule has 1 heterocycles. The first-order chi connectivity index (χ1) is 9.58. The Bertz CT molecular complexity index is 711. The van der Waals surface area contributed by atoms with Crippen molar-refractivity contribution in [3.8, 4) is 6.07 Å². The maximum Gasteiger partial charge on any atom is 0.266 e. The van der Waals surface area contributed by atoms with Crippen LogP contribution in [0, 0.1) is 18.3 Å². The lowest BCUT2D eigenvalue weighted by Crippen LogP contribution is -2.13. The number of carbonyl (C=O) groups is 1. The van der Waals surface area contributed by atoms with Crippen molar-refractivity contribution in [2.75, 3.05) is 5.32 Å². The number of amides is 1. The molecule has 2 aromatic rings. The summed E-state index contributed by atoms with van der Waals surface area (Å²) in [7, 11) is 0. The van der Waals surface area contributed by atoms with E-state index >= 15 is 0 Å². The number of nitrogens with zero attached hydrogens (tertiary/aromatic N) is 1. The van der Waals surface area contributed by atoms with Crippen molar-refractivity contribution >= 4 is 29.3 Å². The number of carbonyl (C=O) groups excluding carboxylic acids is 1. The number of benzene rings is 1. The van der Waals surface area contributed by atoms with E-state index in [9.17, 15) is 4.79 Å². The molecule has 0 aliphatic carbocycles. The van der Waals surface area contributed by atoms with E-state index in [1.54, 1.807) is 43.3 Å². The van der Waals surface area contributed by atoms with Gasteiger partial charge in [-0.05, 0) is 37.3 Å².